The van der Waals surface area contributed by atoms with Gasteiger partial charge in [0, 0.05) is 30.4 Å². The van der Waals surface area contributed by atoms with Crippen molar-refractivity contribution in [3.63, 3.8) is 0 Å². The fourth-order valence-corrected chi connectivity index (χ4v) is 2.29. The quantitative estimate of drug-likeness (QED) is 0.853. The first-order valence-electron chi connectivity index (χ1n) is 5.07. The van der Waals surface area contributed by atoms with E-state index >= 15 is 0 Å². The van der Waals surface area contributed by atoms with Crippen LogP contribution in [0.4, 0.5) is 14.5 Å². The average Bonchev–Trinajstić information content (AvgIpc) is 2.65. The minimum Gasteiger partial charge on any atom is -0.506 e. The summed E-state index contributed by atoms with van der Waals surface area (Å²) in [5.74, 6) is -2.71. The Hall–Kier alpha value is -1.17. The highest BCUT2D eigenvalue weighted by Gasteiger charge is 2.31. The number of rotatable bonds is 2. The molecule has 1 aliphatic heterocycles. The monoisotopic (exact) mass is 305 g/mol. The van der Waals surface area contributed by atoms with E-state index in [2.05, 4.69) is 15.9 Å². The number of benzene rings is 1. The topological polar surface area (TPSA) is 40.5 Å². The van der Waals surface area contributed by atoms with Gasteiger partial charge in [-0.1, -0.05) is 15.9 Å². The lowest BCUT2D eigenvalue weighted by Crippen LogP contribution is -2.25. The molecule has 1 heterocycles. The normalized spacial score (nSPS) is 20.1. The van der Waals surface area contributed by atoms with Crippen molar-refractivity contribution in [2.75, 3.05) is 16.8 Å². The lowest BCUT2D eigenvalue weighted by atomic mass is 10.2. The number of halogens is 3. The SMILES string of the molecule is O=C1CC(CBr)CN1c1cc(F)c(F)cc1O. The van der Waals surface area contributed by atoms with Gasteiger partial charge in [0.15, 0.2) is 11.6 Å². The Morgan fingerprint density at radius 2 is 2.06 bits per heavy atom. The molecule has 1 atom stereocenters. The van der Waals surface area contributed by atoms with Gasteiger partial charge in [0.2, 0.25) is 5.91 Å². The van der Waals surface area contributed by atoms with Gasteiger partial charge in [-0.2, -0.15) is 0 Å². The number of hydrogen-bond donors (Lipinski definition) is 1. The van der Waals surface area contributed by atoms with Gasteiger partial charge in [0.1, 0.15) is 5.75 Å². The van der Waals surface area contributed by atoms with Gasteiger partial charge in [-0.25, -0.2) is 8.78 Å². The molecule has 92 valence electrons. The van der Waals surface area contributed by atoms with Gasteiger partial charge in [0.05, 0.1) is 5.69 Å². The summed E-state index contributed by atoms with van der Waals surface area (Å²) in [5, 5.41) is 10.2. The van der Waals surface area contributed by atoms with E-state index < -0.39 is 17.4 Å². The maximum Gasteiger partial charge on any atom is 0.227 e. The van der Waals surface area contributed by atoms with Gasteiger partial charge in [-0.3, -0.25) is 4.79 Å². The van der Waals surface area contributed by atoms with Crippen molar-refractivity contribution in [1.29, 1.82) is 0 Å². The zero-order valence-corrected chi connectivity index (χ0v) is 10.4. The van der Waals surface area contributed by atoms with Gasteiger partial charge >= 0.3 is 0 Å². The Balaban J connectivity index is 2.35. The molecule has 0 spiro atoms. The summed E-state index contributed by atoms with van der Waals surface area (Å²) in [7, 11) is 0. The number of alkyl halides is 1. The van der Waals surface area contributed by atoms with E-state index in [0.717, 1.165) is 6.07 Å². The third kappa shape index (κ3) is 2.26. The van der Waals surface area contributed by atoms with Crippen molar-refractivity contribution in [2.45, 2.75) is 6.42 Å². The first-order valence-corrected chi connectivity index (χ1v) is 6.19. The predicted octanol–water partition coefficient (Wildman–Crippen LogP) is 2.42. The highest BCUT2D eigenvalue weighted by atomic mass is 79.9. The largest absolute Gasteiger partial charge is 0.506 e. The number of anilines is 1. The molecule has 0 aromatic heterocycles. The van der Waals surface area contributed by atoms with E-state index in [-0.39, 0.29) is 17.5 Å². The average molecular weight is 306 g/mol. The second-order valence-corrected chi connectivity index (χ2v) is 4.63. The van der Waals surface area contributed by atoms with Crippen LogP contribution in [0.5, 0.6) is 5.75 Å². The molecule has 1 aliphatic rings. The molecule has 1 saturated heterocycles. The molecule has 0 saturated carbocycles. The lowest BCUT2D eigenvalue weighted by molar-refractivity contribution is -0.117. The van der Waals surface area contributed by atoms with Crippen LogP contribution in [0, 0.1) is 17.6 Å². The Kier molecular flexibility index (Phi) is 3.33. The van der Waals surface area contributed by atoms with Crippen molar-refractivity contribution in [3.8, 4) is 5.75 Å². The van der Waals surface area contributed by atoms with Crippen molar-refractivity contribution in [1.82, 2.24) is 0 Å². The fraction of sp³-hybridized carbons (Fsp3) is 0.364. The molecule has 2 rings (SSSR count). The molecule has 0 aliphatic carbocycles. The van der Waals surface area contributed by atoms with Crippen LogP contribution in [-0.2, 0) is 4.79 Å². The van der Waals surface area contributed by atoms with Crippen LogP contribution in [0.25, 0.3) is 0 Å². The number of phenolic OH excluding ortho intramolecular Hbond substituents is 1. The van der Waals surface area contributed by atoms with Gasteiger partial charge in [0.25, 0.3) is 0 Å². The molecular weight excluding hydrogens is 296 g/mol. The van der Waals surface area contributed by atoms with Crippen LogP contribution >= 0.6 is 15.9 Å². The molecule has 0 bridgehead atoms. The Labute approximate surface area is 105 Å². The number of nitrogens with zero attached hydrogens (tertiary/aromatic N) is 1. The van der Waals surface area contributed by atoms with Crippen LogP contribution in [0.15, 0.2) is 12.1 Å². The van der Waals surface area contributed by atoms with E-state index in [0.29, 0.717) is 24.4 Å². The molecule has 1 unspecified atom stereocenters. The number of aromatic hydroxyl groups is 1. The summed E-state index contributed by atoms with van der Waals surface area (Å²) < 4.78 is 25.9. The molecule has 1 fully saturated rings. The molecule has 1 aromatic carbocycles. The summed E-state index contributed by atoms with van der Waals surface area (Å²) in [6.07, 6.45) is 0.337. The zero-order valence-electron chi connectivity index (χ0n) is 8.79. The number of carbonyl (C=O) groups excluding carboxylic acids is 1. The molecule has 6 heteroatoms. The van der Waals surface area contributed by atoms with E-state index in [4.69, 9.17) is 0 Å². The van der Waals surface area contributed by atoms with Crippen molar-refractivity contribution in [2.24, 2.45) is 5.92 Å². The molecule has 1 N–H and O–H groups in total. The summed E-state index contributed by atoms with van der Waals surface area (Å²) in [6.45, 7) is 0.392. The molecule has 0 radical (unpaired) electrons. The highest BCUT2D eigenvalue weighted by Crippen LogP contribution is 2.34. The van der Waals surface area contributed by atoms with E-state index in [9.17, 15) is 18.7 Å². The van der Waals surface area contributed by atoms with E-state index in [1.807, 2.05) is 0 Å². The van der Waals surface area contributed by atoms with Gasteiger partial charge < -0.3 is 10.0 Å². The third-order valence-electron chi connectivity index (χ3n) is 2.73. The Bertz CT molecular complexity index is 467. The minimum absolute atomic E-state index is 0.0253. The van der Waals surface area contributed by atoms with Crippen molar-refractivity contribution >= 4 is 27.5 Å². The highest BCUT2D eigenvalue weighted by molar-refractivity contribution is 9.09. The number of hydrogen-bond acceptors (Lipinski definition) is 2. The van der Waals surface area contributed by atoms with Crippen molar-refractivity contribution in [3.05, 3.63) is 23.8 Å². The summed E-state index contributed by atoms with van der Waals surface area (Å²) in [4.78, 5) is 13.0. The first-order chi connectivity index (χ1) is 8.02. The predicted molar refractivity (Wildman–Crippen MR) is 62.3 cm³/mol. The molecule has 1 amide bonds. The maximum absolute atomic E-state index is 13.1. The number of phenols is 1. The van der Waals surface area contributed by atoms with Crippen LogP contribution in [0.3, 0.4) is 0 Å². The third-order valence-corrected chi connectivity index (χ3v) is 3.65. The first kappa shape index (κ1) is 12.3. The minimum atomic E-state index is -1.13. The van der Waals surface area contributed by atoms with E-state index in [1.54, 1.807) is 0 Å². The van der Waals surface area contributed by atoms with Crippen LogP contribution < -0.4 is 4.90 Å². The fourth-order valence-electron chi connectivity index (χ4n) is 1.86. The molecule has 3 nitrogen and oxygen atoms in total. The Morgan fingerprint density at radius 1 is 1.41 bits per heavy atom. The molecular formula is C11H10BrF2NO2. The van der Waals surface area contributed by atoms with Crippen LogP contribution in [0.1, 0.15) is 6.42 Å². The van der Waals surface area contributed by atoms with Crippen LogP contribution in [0.2, 0.25) is 0 Å². The second kappa shape index (κ2) is 4.60. The van der Waals surface area contributed by atoms with E-state index in [1.165, 1.54) is 4.90 Å². The maximum atomic E-state index is 13.1. The zero-order chi connectivity index (χ0) is 12.6. The summed E-state index contributed by atoms with van der Waals surface area (Å²) in [5.41, 5.74) is 0.0253. The lowest BCUT2D eigenvalue weighted by Gasteiger charge is -2.17. The summed E-state index contributed by atoms with van der Waals surface area (Å²) >= 11 is 3.27. The summed E-state index contributed by atoms with van der Waals surface area (Å²) in [6, 6.07) is 1.53. The second-order valence-electron chi connectivity index (χ2n) is 3.98. The smallest absolute Gasteiger partial charge is 0.227 e. The standard InChI is InChI=1S/C11H10BrF2NO2/c12-4-6-1-11(17)15(5-6)9-2-7(13)8(14)3-10(9)16/h2-3,6,16H,1,4-5H2. The number of carbonyl (C=O) groups is 1. The Morgan fingerprint density at radius 3 is 2.65 bits per heavy atom. The molecule has 17 heavy (non-hydrogen) atoms. The van der Waals surface area contributed by atoms with Gasteiger partial charge in [-0.05, 0) is 5.92 Å². The molecule has 1 aromatic rings. The van der Waals surface area contributed by atoms with Crippen molar-refractivity contribution < 1.29 is 18.7 Å². The van der Waals surface area contributed by atoms with Gasteiger partial charge in [-0.15, -0.1) is 0 Å². The number of amides is 1. The van der Waals surface area contributed by atoms with Crippen LogP contribution in [-0.4, -0.2) is 22.9 Å².